The summed E-state index contributed by atoms with van der Waals surface area (Å²) in [6.07, 6.45) is 1.95. The number of aromatic nitrogens is 1. The summed E-state index contributed by atoms with van der Waals surface area (Å²) < 4.78 is 26.2. The molecule has 1 unspecified atom stereocenters. The van der Waals surface area contributed by atoms with Gasteiger partial charge in [-0.3, -0.25) is 0 Å². The molecule has 1 rings (SSSR count). The van der Waals surface area contributed by atoms with Crippen molar-refractivity contribution in [3.63, 3.8) is 0 Å². The van der Waals surface area contributed by atoms with Crippen LogP contribution < -0.4 is 4.72 Å². The highest BCUT2D eigenvalue weighted by Crippen LogP contribution is 2.11. The number of aliphatic hydroxyl groups excluding tert-OH is 1. The van der Waals surface area contributed by atoms with Crippen LogP contribution in [-0.2, 0) is 10.0 Å². The van der Waals surface area contributed by atoms with Gasteiger partial charge in [0.05, 0.1) is 6.10 Å². The highest BCUT2D eigenvalue weighted by Gasteiger charge is 2.18. The summed E-state index contributed by atoms with van der Waals surface area (Å²) in [5.41, 5.74) is -0.125. The zero-order chi connectivity index (χ0) is 13.6. The van der Waals surface area contributed by atoms with Gasteiger partial charge in [-0.1, -0.05) is 0 Å². The van der Waals surface area contributed by atoms with Gasteiger partial charge >= 0.3 is 0 Å². The van der Waals surface area contributed by atoms with Crippen molar-refractivity contribution in [2.45, 2.75) is 30.8 Å². The summed E-state index contributed by atoms with van der Waals surface area (Å²) in [5, 5.41) is 17.8. The lowest BCUT2D eigenvalue weighted by molar-refractivity contribution is 0.182. The van der Waals surface area contributed by atoms with E-state index in [0.717, 1.165) is 0 Å². The van der Waals surface area contributed by atoms with E-state index in [1.807, 2.05) is 0 Å². The maximum atomic E-state index is 11.9. The second-order valence-electron chi connectivity index (χ2n) is 3.85. The molecule has 0 aliphatic heterocycles. The first kappa shape index (κ1) is 14.6. The van der Waals surface area contributed by atoms with Gasteiger partial charge in [0.1, 0.15) is 11.0 Å². The summed E-state index contributed by atoms with van der Waals surface area (Å²) in [6, 6.07) is 4.54. The first-order valence-electron chi connectivity index (χ1n) is 5.50. The van der Waals surface area contributed by atoms with E-state index in [-0.39, 0.29) is 17.1 Å². The fourth-order valence-corrected chi connectivity index (χ4v) is 2.55. The van der Waals surface area contributed by atoms with Crippen LogP contribution in [0.15, 0.2) is 23.2 Å². The Morgan fingerprint density at radius 2 is 2.33 bits per heavy atom. The van der Waals surface area contributed by atoms with Gasteiger partial charge in [0, 0.05) is 12.7 Å². The Balaban J connectivity index is 2.72. The molecule has 0 fully saturated rings. The maximum absolute atomic E-state index is 11.9. The van der Waals surface area contributed by atoms with Crippen LogP contribution in [0.5, 0.6) is 0 Å². The van der Waals surface area contributed by atoms with Crippen molar-refractivity contribution in [2.75, 3.05) is 6.54 Å². The number of hydrogen-bond donors (Lipinski definition) is 2. The molecule has 1 aromatic heterocycles. The number of rotatable bonds is 6. The van der Waals surface area contributed by atoms with Crippen LogP contribution in [0.1, 0.15) is 25.5 Å². The van der Waals surface area contributed by atoms with E-state index < -0.39 is 16.1 Å². The van der Waals surface area contributed by atoms with E-state index in [2.05, 4.69) is 9.71 Å². The lowest BCUT2D eigenvalue weighted by Crippen LogP contribution is -2.26. The van der Waals surface area contributed by atoms with Gasteiger partial charge in [-0.2, -0.15) is 5.26 Å². The molecule has 0 aliphatic carbocycles. The van der Waals surface area contributed by atoms with Gasteiger partial charge in [0.25, 0.3) is 0 Å². The van der Waals surface area contributed by atoms with Crippen LogP contribution in [0, 0.1) is 11.3 Å². The largest absolute Gasteiger partial charge is 0.393 e. The van der Waals surface area contributed by atoms with Gasteiger partial charge in [0.2, 0.25) is 10.0 Å². The molecule has 0 aliphatic rings. The van der Waals surface area contributed by atoms with Gasteiger partial charge in [0.15, 0.2) is 5.69 Å². The number of pyridine rings is 1. The number of hydrogen-bond acceptors (Lipinski definition) is 5. The second-order valence-corrected chi connectivity index (χ2v) is 5.59. The molecule has 2 N–H and O–H groups in total. The molecule has 0 saturated heterocycles. The average molecular weight is 269 g/mol. The standard InChI is InChI=1S/C11H15N3O3S/c1-9(15)4-2-7-14-18(16,17)11-5-3-6-13-10(11)8-12/h3,5-6,9,14-15H,2,4,7H2,1H3. The van der Waals surface area contributed by atoms with Crippen LogP contribution in [0.3, 0.4) is 0 Å². The van der Waals surface area contributed by atoms with E-state index >= 15 is 0 Å². The van der Waals surface area contributed by atoms with Crippen LogP contribution >= 0.6 is 0 Å². The average Bonchev–Trinajstić information content (AvgIpc) is 2.34. The molecule has 18 heavy (non-hydrogen) atoms. The van der Waals surface area contributed by atoms with Crippen molar-refractivity contribution >= 4 is 10.0 Å². The van der Waals surface area contributed by atoms with Gasteiger partial charge < -0.3 is 5.11 Å². The van der Waals surface area contributed by atoms with E-state index in [9.17, 15) is 8.42 Å². The normalized spacial score (nSPS) is 12.9. The molecule has 98 valence electrons. The predicted octanol–water partition coefficient (Wildman–Crippen LogP) is 0.393. The Labute approximate surface area is 106 Å². The summed E-state index contributed by atoms with van der Waals surface area (Å²) in [7, 11) is -3.72. The van der Waals surface area contributed by atoms with Crippen LogP contribution in [0.4, 0.5) is 0 Å². The highest BCUT2D eigenvalue weighted by molar-refractivity contribution is 7.89. The number of nitrogens with zero attached hydrogens (tertiary/aromatic N) is 2. The van der Waals surface area contributed by atoms with E-state index in [1.54, 1.807) is 13.0 Å². The number of nitriles is 1. The highest BCUT2D eigenvalue weighted by atomic mass is 32.2. The molecule has 1 aromatic rings. The fourth-order valence-electron chi connectivity index (χ4n) is 1.37. The first-order chi connectivity index (χ1) is 8.47. The first-order valence-corrected chi connectivity index (χ1v) is 6.98. The lowest BCUT2D eigenvalue weighted by Gasteiger charge is -2.08. The van der Waals surface area contributed by atoms with Crippen molar-refractivity contribution < 1.29 is 13.5 Å². The molecular formula is C11H15N3O3S. The Morgan fingerprint density at radius 1 is 1.61 bits per heavy atom. The maximum Gasteiger partial charge on any atom is 0.243 e. The third kappa shape index (κ3) is 4.07. The van der Waals surface area contributed by atoms with E-state index in [4.69, 9.17) is 10.4 Å². The zero-order valence-electron chi connectivity index (χ0n) is 10.00. The van der Waals surface area contributed by atoms with Crippen molar-refractivity contribution in [1.82, 2.24) is 9.71 Å². The molecule has 7 heteroatoms. The molecule has 1 heterocycles. The molecule has 0 radical (unpaired) electrons. The lowest BCUT2D eigenvalue weighted by atomic mass is 10.2. The summed E-state index contributed by atoms with van der Waals surface area (Å²) >= 11 is 0. The summed E-state index contributed by atoms with van der Waals surface area (Å²) in [4.78, 5) is 3.58. The van der Waals surface area contributed by atoms with Gasteiger partial charge in [-0.25, -0.2) is 18.1 Å². The van der Waals surface area contributed by atoms with Crippen molar-refractivity contribution in [3.05, 3.63) is 24.0 Å². The number of nitrogens with one attached hydrogen (secondary N) is 1. The Morgan fingerprint density at radius 3 is 2.94 bits per heavy atom. The zero-order valence-corrected chi connectivity index (χ0v) is 10.8. The summed E-state index contributed by atoms with van der Waals surface area (Å²) in [6.45, 7) is 1.86. The molecule has 0 amide bonds. The van der Waals surface area contributed by atoms with Crippen molar-refractivity contribution in [2.24, 2.45) is 0 Å². The molecular weight excluding hydrogens is 254 g/mol. The smallest absolute Gasteiger partial charge is 0.243 e. The Kier molecular flexibility index (Phi) is 5.22. The number of aliphatic hydroxyl groups is 1. The van der Waals surface area contributed by atoms with Gasteiger partial charge in [-0.15, -0.1) is 0 Å². The third-order valence-corrected chi connectivity index (χ3v) is 3.75. The predicted molar refractivity (Wildman–Crippen MR) is 65.1 cm³/mol. The van der Waals surface area contributed by atoms with Gasteiger partial charge in [-0.05, 0) is 31.9 Å². The Bertz CT molecular complexity index is 535. The molecule has 0 saturated carbocycles. The fraction of sp³-hybridized carbons (Fsp3) is 0.455. The van der Waals surface area contributed by atoms with Crippen molar-refractivity contribution in [3.8, 4) is 6.07 Å². The molecule has 0 aromatic carbocycles. The second kappa shape index (κ2) is 6.44. The van der Waals surface area contributed by atoms with E-state index in [1.165, 1.54) is 18.3 Å². The topological polar surface area (TPSA) is 103 Å². The number of sulfonamides is 1. The van der Waals surface area contributed by atoms with Crippen LogP contribution in [0.2, 0.25) is 0 Å². The summed E-state index contributed by atoms with van der Waals surface area (Å²) in [5.74, 6) is 0. The minimum absolute atomic E-state index is 0.121. The van der Waals surface area contributed by atoms with Crippen molar-refractivity contribution in [1.29, 1.82) is 5.26 Å². The minimum atomic E-state index is -3.72. The minimum Gasteiger partial charge on any atom is -0.393 e. The van der Waals surface area contributed by atoms with Crippen LogP contribution in [0.25, 0.3) is 0 Å². The SMILES string of the molecule is CC(O)CCCNS(=O)(=O)c1cccnc1C#N. The van der Waals surface area contributed by atoms with E-state index in [0.29, 0.717) is 12.8 Å². The molecule has 1 atom stereocenters. The molecule has 0 spiro atoms. The quantitative estimate of drug-likeness (QED) is 0.727. The molecule has 6 nitrogen and oxygen atoms in total. The monoisotopic (exact) mass is 269 g/mol. The third-order valence-electron chi connectivity index (χ3n) is 2.26. The Hall–Kier alpha value is -1.49. The molecule has 0 bridgehead atoms. The van der Waals surface area contributed by atoms with Crippen LogP contribution in [-0.4, -0.2) is 31.2 Å².